The van der Waals surface area contributed by atoms with Crippen molar-refractivity contribution in [1.82, 2.24) is 4.90 Å². The van der Waals surface area contributed by atoms with Crippen molar-refractivity contribution in [2.75, 3.05) is 25.6 Å². The lowest BCUT2D eigenvalue weighted by atomic mass is 10.4. The fourth-order valence-electron chi connectivity index (χ4n) is 0.628. The minimum atomic E-state index is -0.423. The second-order valence-corrected chi connectivity index (χ2v) is 4.66. The number of nitrogens with zero attached hydrogens (tertiary/aromatic N) is 1. The lowest BCUT2D eigenvalue weighted by Gasteiger charge is -2.02. The van der Waals surface area contributed by atoms with E-state index in [0.717, 1.165) is 11.5 Å². The fraction of sp³-hybridized carbons (Fsp3) is 0.875. The summed E-state index contributed by atoms with van der Waals surface area (Å²) in [6.45, 7) is 1.53. The van der Waals surface area contributed by atoms with Crippen molar-refractivity contribution >= 4 is 16.7 Å². The number of carbonyl (C=O) groups is 1. The largest absolute Gasteiger partial charge is 0.349 e. The Bertz CT molecular complexity index is 158. The molecule has 0 aromatic rings. The first-order valence-electron chi connectivity index (χ1n) is 4.07. The predicted molar refractivity (Wildman–Crippen MR) is 51.5 cm³/mol. The Morgan fingerprint density at radius 2 is 1.58 bits per heavy atom. The Hall–Kier alpha value is -0.380. The summed E-state index contributed by atoms with van der Waals surface area (Å²) in [6, 6.07) is 0. The summed E-state index contributed by atoms with van der Waals surface area (Å²) in [5, 5.41) is 0. The zero-order chi connectivity index (χ0) is 9.56. The number of rotatable bonds is 0. The molecule has 0 radical (unpaired) electrons. The van der Waals surface area contributed by atoms with Crippen LogP contribution in [0.25, 0.3) is 0 Å². The topological polar surface area (TPSA) is 37.4 Å². The Labute approximate surface area is 76.6 Å². The zero-order valence-corrected chi connectivity index (χ0v) is 8.82. The molecule has 1 heterocycles. The molecule has 12 heavy (non-hydrogen) atoms. The quantitative estimate of drug-likeness (QED) is 0.563. The van der Waals surface area contributed by atoms with Gasteiger partial charge in [0.05, 0.1) is 0 Å². The molecule has 1 aliphatic rings. The summed E-state index contributed by atoms with van der Waals surface area (Å²) in [4.78, 5) is 11.6. The maximum atomic E-state index is 10.4. The van der Waals surface area contributed by atoms with Gasteiger partial charge < -0.3 is 4.90 Å². The first-order chi connectivity index (χ1) is 5.54. The van der Waals surface area contributed by atoms with E-state index in [0.29, 0.717) is 0 Å². The molecule has 0 bridgehead atoms. The number of amides is 1. The first-order valence-corrected chi connectivity index (χ1v) is 5.55. The highest BCUT2D eigenvalue weighted by Crippen LogP contribution is 2.03. The van der Waals surface area contributed by atoms with Crippen molar-refractivity contribution in [3.8, 4) is 0 Å². The van der Waals surface area contributed by atoms with Crippen LogP contribution < -0.4 is 0 Å². The highest BCUT2D eigenvalue weighted by Gasteiger charge is 2.05. The Morgan fingerprint density at radius 1 is 1.25 bits per heavy atom. The van der Waals surface area contributed by atoms with Gasteiger partial charge in [0.25, 0.3) is 0 Å². The molecule has 72 valence electrons. The monoisotopic (exact) mass is 191 g/mol. The molecule has 0 unspecified atom stereocenters. The molecule has 0 aliphatic carbocycles. The summed E-state index contributed by atoms with van der Waals surface area (Å²) < 4.78 is 10.4. The van der Waals surface area contributed by atoms with Crippen LogP contribution in [0.2, 0.25) is 0 Å². The molecule has 0 N–H and O–H groups in total. The molecule has 1 saturated heterocycles. The third-order valence-corrected chi connectivity index (χ3v) is 3.11. The zero-order valence-electron chi connectivity index (χ0n) is 8.00. The molecule has 3 nitrogen and oxygen atoms in total. The minimum absolute atomic E-state index is 0.0926. The smallest absolute Gasteiger partial charge is 0.218 e. The van der Waals surface area contributed by atoms with Gasteiger partial charge in [0.1, 0.15) is 0 Å². The van der Waals surface area contributed by atoms with Crippen LogP contribution in [0.5, 0.6) is 0 Å². The third-order valence-electron chi connectivity index (χ3n) is 1.62. The normalized spacial score (nSPS) is 16.6. The van der Waals surface area contributed by atoms with E-state index in [2.05, 4.69) is 0 Å². The van der Waals surface area contributed by atoms with Crippen LogP contribution in [0.1, 0.15) is 19.8 Å². The maximum Gasteiger partial charge on any atom is 0.218 e. The average molecular weight is 191 g/mol. The summed E-state index contributed by atoms with van der Waals surface area (Å²) in [7, 11) is 3.03. The van der Waals surface area contributed by atoms with Crippen LogP contribution in [0.15, 0.2) is 0 Å². The van der Waals surface area contributed by atoms with Gasteiger partial charge in [-0.1, -0.05) is 0 Å². The predicted octanol–water partition coefficient (Wildman–Crippen LogP) is 0.623. The average Bonchev–Trinajstić information content (AvgIpc) is 2.40. The molecule has 1 rings (SSSR count). The van der Waals surface area contributed by atoms with Gasteiger partial charge in [0.15, 0.2) is 0 Å². The van der Waals surface area contributed by atoms with E-state index in [9.17, 15) is 9.00 Å². The van der Waals surface area contributed by atoms with Crippen LogP contribution in [0.4, 0.5) is 0 Å². The summed E-state index contributed by atoms with van der Waals surface area (Å²) >= 11 is 0. The van der Waals surface area contributed by atoms with Crippen LogP contribution in [-0.2, 0) is 15.6 Å². The fourth-order valence-corrected chi connectivity index (χ4v) is 1.88. The summed E-state index contributed by atoms with van der Waals surface area (Å²) in [6.07, 6.45) is 2.37. The standard InChI is InChI=1S/C4H9NO.C4H8OS/c1-4(6)5(2)3;5-6-3-1-2-4-6/h1-3H3;1-4H2. The van der Waals surface area contributed by atoms with Crippen molar-refractivity contribution in [2.24, 2.45) is 0 Å². The van der Waals surface area contributed by atoms with Gasteiger partial charge >= 0.3 is 0 Å². The first kappa shape index (κ1) is 11.6. The molecule has 1 amide bonds. The van der Waals surface area contributed by atoms with Gasteiger partial charge in [-0.2, -0.15) is 0 Å². The molecule has 4 heteroatoms. The minimum Gasteiger partial charge on any atom is -0.349 e. The number of hydrogen-bond acceptors (Lipinski definition) is 2. The second-order valence-electron chi connectivity index (χ2n) is 2.97. The van der Waals surface area contributed by atoms with Gasteiger partial charge in [-0.05, 0) is 12.8 Å². The highest BCUT2D eigenvalue weighted by molar-refractivity contribution is 7.85. The summed E-state index contributed by atoms with van der Waals surface area (Å²) in [5.41, 5.74) is 0. The SMILES string of the molecule is CC(=O)N(C)C.O=S1CCCC1. The van der Waals surface area contributed by atoms with E-state index in [1.165, 1.54) is 24.7 Å². The maximum absolute atomic E-state index is 10.4. The van der Waals surface area contributed by atoms with Gasteiger partial charge in [-0.15, -0.1) is 0 Å². The van der Waals surface area contributed by atoms with Gasteiger partial charge in [-0.3, -0.25) is 9.00 Å². The van der Waals surface area contributed by atoms with E-state index in [-0.39, 0.29) is 5.91 Å². The van der Waals surface area contributed by atoms with Crippen molar-refractivity contribution < 1.29 is 9.00 Å². The molecule has 0 aromatic carbocycles. The van der Waals surface area contributed by atoms with Crippen LogP contribution >= 0.6 is 0 Å². The van der Waals surface area contributed by atoms with Crippen molar-refractivity contribution in [3.63, 3.8) is 0 Å². The molecule has 1 fully saturated rings. The molecule has 1 aliphatic heterocycles. The summed E-state index contributed by atoms with van der Waals surface area (Å²) in [5.74, 6) is 2.01. The molecular formula is C8H17NO2S. The molecular weight excluding hydrogens is 174 g/mol. The highest BCUT2D eigenvalue weighted by atomic mass is 32.2. The van der Waals surface area contributed by atoms with E-state index in [1.54, 1.807) is 14.1 Å². The van der Waals surface area contributed by atoms with Gasteiger partial charge in [0.2, 0.25) is 5.91 Å². The van der Waals surface area contributed by atoms with Crippen LogP contribution in [0.3, 0.4) is 0 Å². The van der Waals surface area contributed by atoms with E-state index in [4.69, 9.17) is 0 Å². The lowest BCUT2D eigenvalue weighted by Crippen LogP contribution is -2.17. The van der Waals surface area contributed by atoms with Gasteiger partial charge in [-0.25, -0.2) is 0 Å². The number of carbonyl (C=O) groups excluding carboxylic acids is 1. The Kier molecular flexibility index (Phi) is 5.98. The Morgan fingerprint density at radius 3 is 1.67 bits per heavy atom. The van der Waals surface area contributed by atoms with Crippen LogP contribution in [-0.4, -0.2) is 40.6 Å². The van der Waals surface area contributed by atoms with Crippen LogP contribution in [0, 0.1) is 0 Å². The third kappa shape index (κ3) is 6.34. The van der Waals surface area contributed by atoms with Gasteiger partial charge in [0, 0.05) is 43.3 Å². The second kappa shape index (κ2) is 6.17. The van der Waals surface area contributed by atoms with Crippen molar-refractivity contribution in [1.29, 1.82) is 0 Å². The molecule has 0 atom stereocenters. The molecule has 0 spiro atoms. The number of hydrogen-bond donors (Lipinski definition) is 0. The lowest BCUT2D eigenvalue weighted by molar-refractivity contribution is -0.126. The van der Waals surface area contributed by atoms with E-state index in [1.807, 2.05) is 0 Å². The Balaban J connectivity index is 0.000000202. The van der Waals surface area contributed by atoms with Crippen molar-refractivity contribution in [3.05, 3.63) is 0 Å². The van der Waals surface area contributed by atoms with E-state index < -0.39 is 10.8 Å². The molecule has 0 saturated carbocycles. The molecule has 0 aromatic heterocycles. The van der Waals surface area contributed by atoms with Crippen molar-refractivity contribution in [2.45, 2.75) is 19.8 Å². The van der Waals surface area contributed by atoms with E-state index >= 15 is 0 Å².